The lowest BCUT2D eigenvalue weighted by Gasteiger charge is -2.13. The van der Waals surface area contributed by atoms with Crippen LogP contribution in [0.2, 0.25) is 0 Å². The van der Waals surface area contributed by atoms with Crippen molar-refractivity contribution in [3.05, 3.63) is 51.0 Å². The van der Waals surface area contributed by atoms with Gasteiger partial charge in [0.2, 0.25) is 0 Å². The Morgan fingerprint density at radius 1 is 1.42 bits per heavy atom. The van der Waals surface area contributed by atoms with E-state index in [1.807, 2.05) is 6.92 Å². The van der Waals surface area contributed by atoms with Gasteiger partial charge >= 0.3 is 0 Å². The van der Waals surface area contributed by atoms with Gasteiger partial charge in [0, 0.05) is 13.7 Å². The van der Waals surface area contributed by atoms with Gasteiger partial charge in [-0.2, -0.15) is 0 Å². The summed E-state index contributed by atoms with van der Waals surface area (Å²) in [6.45, 7) is 3.11. The average molecular weight is 342 g/mol. The van der Waals surface area contributed by atoms with Crippen molar-refractivity contribution in [3.8, 4) is 0 Å². The van der Waals surface area contributed by atoms with Crippen molar-refractivity contribution in [3.63, 3.8) is 0 Å². The Morgan fingerprint density at radius 3 is 3.08 bits per heavy atom. The van der Waals surface area contributed by atoms with Gasteiger partial charge in [0.25, 0.3) is 5.91 Å². The van der Waals surface area contributed by atoms with Crippen molar-refractivity contribution in [2.75, 3.05) is 13.7 Å². The van der Waals surface area contributed by atoms with Gasteiger partial charge in [0.1, 0.15) is 9.88 Å². The van der Waals surface area contributed by atoms with Crippen LogP contribution in [-0.2, 0) is 17.8 Å². The van der Waals surface area contributed by atoms with Crippen molar-refractivity contribution in [2.45, 2.75) is 32.3 Å². The molecule has 0 unspecified atom stereocenters. The Balaban J connectivity index is 1.39. The zero-order chi connectivity index (χ0) is 16.7. The summed E-state index contributed by atoms with van der Waals surface area (Å²) in [4.78, 5) is 17.6. The number of fused-ring (bicyclic) bond motifs is 3. The van der Waals surface area contributed by atoms with E-state index in [9.17, 15) is 4.79 Å². The molecule has 2 aliphatic rings. The van der Waals surface area contributed by atoms with Crippen LogP contribution in [0.1, 0.15) is 43.8 Å². The molecular weight excluding hydrogens is 320 g/mol. The third-order valence-corrected chi connectivity index (χ3v) is 6.44. The highest BCUT2D eigenvalue weighted by atomic mass is 32.1. The number of nitrogens with one attached hydrogen (secondary N) is 1. The van der Waals surface area contributed by atoms with E-state index >= 15 is 0 Å². The number of aromatic nitrogens is 1. The minimum Gasteiger partial charge on any atom is -0.378 e. The second kappa shape index (κ2) is 6.30. The van der Waals surface area contributed by atoms with Crippen LogP contribution in [-0.4, -0.2) is 24.5 Å². The van der Waals surface area contributed by atoms with Gasteiger partial charge in [-0.15, -0.1) is 11.3 Å². The molecule has 24 heavy (non-hydrogen) atoms. The lowest BCUT2D eigenvalue weighted by atomic mass is 9.92. The summed E-state index contributed by atoms with van der Waals surface area (Å²) in [6.07, 6.45) is 2.43. The molecule has 1 N–H and O–H groups in total. The SMILES string of the molecule is COCc1nc(C)c(C(=O)NC[C@@H]2[C@@H]3CCc4ccccc4[C@@H]23)s1. The molecule has 5 heteroatoms. The maximum atomic E-state index is 12.5. The summed E-state index contributed by atoms with van der Waals surface area (Å²) in [5.74, 6) is 1.97. The number of amides is 1. The number of benzene rings is 1. The van der Waals surface area contributed by atoms with E-state index in [-0.39, 0.29) is 5.91 Å². The van der Waals surface area contributed by atoms with Gasteiger partial charge in [-0.3, -0.25) is 4.79 Å². The predicted octanol–water partition coefficient (Wildman–Crippen LogP) is 3.30. The summed E-state index contributed by atoms with van der Waals surface area (Å²) in [5.41, 5.74) is 3.79. The molecule has 1 saturated carbocycles. The molecule has 0 saturated heterocycles. The van der Waals surface area contributed by atoms with Crippen LogP contribution >= 0.6 is 11.3 Å². The Morgan fingerprint density at radius 2 is 2.25 bits per heavy atom. The number of methoxy groups -OCH3 is 1. The normalized spacial score (nSPS) is 24.2. The fourth-order valence-electron chi connectivity index (χ4n) is 4.13. The summed E-state index contributed by atoms with van der Waals surface area (Å²) in [5, 5.41) is 3.99. The van der Waals surface area contributed by atoms with Crippen molar-refractivity contribution in [1.82, 2.24) is 10.3 Å². The molecule has 0 aliphatic heterocycles. The van der Waals surface area contributed by atoms with E-state index in [0.29, 0.717) is 23.3 Å². The van der Waals surface area contributed by atoms with Crippen LogP contribution in [0.15, 0.2) is 24.3 Å². The number of thiazole rings is 1. The number of ether oxygens (including phenoxy) is 1. The summed E-state index contributed by atoms with van der Waals surface area (Å²) >= 11 is 1.43. The molecule has 126 valence electrons. The van der Waals surface area contributed by atoms with Crippen LogP contribution in [0.3, 0.4) is 0 Å². The Bertz CT molecular complexity index is 770. The average Bonchev–Trinajstić information content (AvgIpc) is 3.19. The summed E-state index contributed by atoms with van der Waals surface area (Å²) < 4.78 is 5.10. The smallest absolute Gasteiger partial charge is 0.263 e. The number of carbonyl (C=O) groups excluding carboxylic acids is 1. The molecule has 4 nitrogen and oxygen atoms in total. The lowest BCUT2D eigenvalue weighted by Crippen LogP contribution is -2.26. The van der Waals surface area contributed by atoms with Gasteiger partial charge in [-0.1, -0.05) is 24.3 Å². The highest BCUT2D eigenvalue weighted by molar-refractivity contribution is 7.13. The van der Waals surface area contributed by atoms with E-state index < -0.39 is 0 Å². The maximum Gasteiger partial charge on any atom is 0.263 e. The molecule has 2 aromatic rings. The molecule has 1 fully saturated rings. The Labute approximate surface area is 146 Å². The largest absolute Gasteiger partial charge is 0.378 e. The van der Waals surface area contributed by atoms with Crippen LogP contribution in [0, 0.1) is 18.8 Å². The highest BCUT2D eigenvalue weighted by Crippen LogP contribution is 2.59. The van der Waals surface area contributed by atoms with Gasteiger partial charge < -0.3 is 10.1 Å². The van der Waals surface area contributed by atoms with Crippen molar-refractivity contribution in [1.29, 1.82) is 0 Å². The first-order valence-electron chi connectivity index (χ1n) is 8.50. The molecule has 2 aliphatic carbocycles. The topological polar surface area (TPSA) is 51.2 Å². The van der Waals surface area contributed by atoms with Crippen LogP contribution in [0.4, 0.5) is 0 Å². The highest BCUT2D eigenvalue weighted by Gasteiger charge is 2.52. The molecule has 1 aromatic carbocycles. The molecular formula is C19H22N2O2S. The van der Waals surface area contributed by atoms with Crippen molar-refractivity contribution >= 4 is 17.2 Å². The molecule has 1 heterocycles. The quantitative estimate of drug-likeness (QED) is 0.907. The Hall–Kier alpha value is -1.72. The van der Waals surface area contributed by atoms with Crippen LogP contribution in [0.25, 0.3) is 0 Å². The zero-order valence-corrected chi connectivity index (χ0v) is 14.9. The number of nitrogens with zero attached hydrogens (tertiary/aromatic N) is 1. The predicted molar refractivity (Wildman–Crippen MR) is 94.4 cm³/mol. The first-order chi connectivity index (χ1) is 11.7. The van der Waals surface area contributed by atoms with Gasteiger partial charge in [0.15, 0.2) is 0 Å². The minimum atomic E-state index is 0.00397. The molecule has 1 amide bonds. The van der Waals surface area contributed by atoms with Gasteiger partial charge in [-0.25, -0.2) is 4.98 Å². The number of hydrogen-bond acceptors (Lipinski definition) is 4. The fourth-order valence-corrected chi connectivity index (χ4v) is 5.08. The number of aryl methyl sites for hydroxylation is 2. The van der Waals surface area contributed by atoms with Crippen molar-refractivity contribution in [2.24, 2.45) is 11.8 Å². The van der Waals surface area contributed by atoms with E-state index in [1.54, 1.807) is 7.11 Å². The molecule has 4 rings (SSSR count). The van der Waals surface area contributed by atoms with E-state index in [2.05, 4.69) is 34.6 Å². The second-order valence-corrected chi connectivity index (χ2v) is 7.84. The van der Waals surface area contributed by atoms with E-state index in [1.165, 1.54) is 35.3 Å². The monoisotopic (exact) mass is 342 g/mol. The molecule has 0 radical (unpaired) electrons. The summed E-state index contributed by atoms with van der Waals surface area (Å²) in [7, 11) is 1.64. The number of carbonyl (C=O) groups is 1. The Kier molecular flexibility index (Phi) is 4.14. The molecule has 0 bridgehead atoms. The van der Waals surface area contributed by atoms with Gasteiger partial charge in [-0.05, 0) is 48.6 Å². The molecule has 1 aromatic heterocycles. The van der Waals surface area contributed by atoms with E-state index in [4.69, 9.17) is 4.74 Å². The maximum absolute atomic E-state index is 12.5. The van der Waals surface area contributed by atoms with Crippen LogP contribution in [0.5, 0.6) is 0 Å². The lowest BCUT2D eigenvalue weighted by molar-refractivity contribution is 0.0954. The first-order valence-corrected chi connectivity index (χ1v) is 9.32. The number of rotatable bonds is 5. The second-order valence-electron chi connectivity index (χ2n) is 6.76. The summed E-state index contributed by atoms with van der Waals surface area (Å²) in [6, 6.07) is 8.77. The standard InChI is InChI=1S/C19H22N2O2S/c1-11-18(24-16(21-11)10-23-2)19(22)20-9-15-14-8-7-12-5-3-4-6-13(12)17(14)15/h3-6,14-15,17H,7-10H2,1-2H3,(H,20,22)/t14-,15+,17+/m0/s1. The zero-order valence-electron chi connectivity index (χ0n) is 14.0. The van der Waals surface area contributed by atoms with Crippen LogP contribution < -0.4 is 5.32 Å². The molecule has 3 atom stereocenters. The van der Waals surface area contributed by atoms with Gasteiger partial charge in [0.05, 0.1) is 12.3 Å². The molecule has 0 spiro atoms. The minimum absolute atomic E-state index is 0.00397. The fraction of sp³-hybridized carbons (Fsp3) is 0.474. The van der Waals surface area contributed by atoms with E-state index in [0.717, 1.165) is 23.2 Å². The first kappa shape index (κ1) is 15.8. The third-order valence-electron chi connectivity index (χ3n) is 5.31. The third kappa shape index (κ3) is 2.76. The van der Waals surface area contributed by atoms with Crippen molar-refractivity contribution < 1.29 is 9.53 Å². The number of hydrogen-bond donors (Lipinski definition) is 1.